The van der Waals surface area contributed by atoms with Gasteiger partial charge in [0.2, 0.25) is 0 Å². The van der Waals surface area contributed by atoms with Crippen molar-refractivity contribution >= 4 is 22.9 Å². The Kier molecular flexibility index (Phi) is 4.78. The van der Waals surface area contributed by atoms with Crippen LogP contribution in [0.1, 0.15) is 47.1 Å². The van der Waals surface area contributed by atoms with Gasteiger partial charge in [-0.05, 0) is 45.4 Å². The number of hydrogen-bond donors (Lipinski definition) is 1. The van der Waals surface area contributed by atoms with E-state index in [1.807, 2.05) is 20.8 Å². The van der Waals surface area contributed by atoms with Crippen LogP contribution in [0.25, 0.3) is 0 Å². The van der Waals surface area contributed by atoms with Crippen LogP contribution in [0.5, 0.6) is 0 Å². The fourth-order valence-corrected chi connectivity index (χ4v) is 3.61. The molecule has 20 heavy (non-hydrogen) atoms. The quantitative estimate of drug-likeness (QED) is 0.862. The maximum Gasteiger partial charge on any atom is 0.124 e. The minimum Gasteiger partial charge on any atom is -0.303 e. The number of nitrogens with zero attached hydrogens (tertiary/aromatic N) is 1. The molecular formula is C15H18ClFN2S. The van der Waals surface area contributed by atoms with Crippen molar-refractivity contribution in [1.29, 1.82) is 0 Å². The van der Waals surface area contributed by atoms with Gasteiger partial charge in [-0.1, -0.05) is 17.7 Å². The molecule has 0 saturated carbocycles. The van der Waals surface area contributed by atoms with Crippen molar-refractivity contribution < 1.29 is 4.39 Å². The Labute approximate surface area is 128 Å². The topological polar surface area (TPSA) is 24.9 Å². The third kappa shape index (κ3) is 3.37. The van der Waals surface area contributed by atoms with Gasteiger partial charge >= 0.3 is 0 Å². The van der Waals surface area contributed by atoms with E-state index in [1.165, 1.54) is 17.0 Å². The third-order valence-electron chi connectivity index (χ3n) is 3.26. The van der Waals surface area contributed by atoms with Gasteiger partial charge in [0, 0.05) is 22.0 Å². The first-order valence-electron chi connectivity index (χ1n) is 6.53. The summed E-state index contributed by atoms with van der Waals surface area (Å²) in [6, 6.07) is 4.73. The lowest BCUT2D eigenvalue weighted by Gasteiger charge is -2.21. The Hall–Kier alpha value is -0.970. The van der Waals surface area contributed by atoms with E-state index in [2.05, 4.69) is 17.2 Å². The van der Waals surface area contributed by atoms with Crippen molar-refractivity contribution in [1.82, 2.24) is 10.3 Å². The molecule has 2 atom stereocenters. The number of rotatable bonds is 4. The zero-order chi connectivity index (χ0) is 14.9. The third-order valence-corrected chi connectivity index (χ3v) is 4.84. The molecule has 0 saturated heterocycles. The molecule has 2 nitrogen and oxygen atoms in total. The monoisotopic (exact) mass is 312 g/mol. The lowest BCUT2D eigenvalue weighted by Crippen LogP contribution is -2.22. The van der Waals surface area contributed by atoms with E-state index < -0.39 is 0 Å². The Morgan fingerprint density at radius 3 is 2.50 bits per heavy atom. The molecular weight excluding hydrogens is 295 g/mol. The first kappa shape index (κ1) is 15.4. The minimum atomic E-state index is -0.312. The number of aromatic nitrogens is 1. The van der Waals surface area contributed by atoms with Crippen LogP contribution in [0.4, 0.5) is 4.39 Å². The van der Waals surface area contributed by atoms with E-state index in [0.717, 1.165) is 16.3 Å². The standard InChI is InChI=1S/C15H18ClFN2S/c1-8(13-6-5-12(17)7-14(13)16)18-9(2)15-10(3)19-11(4)20-15/h5-9,18H,1-4H3. The Balaban J connectivity index is 2.14. The molecule has 2 rings (SSSR count). The highest BCUT2D eigenvalue weighted by Gasteiger charge is 2.17. The predicted molar refractivity (Wildman–Crippen MR) is 83.0 cm³/mol. The van der Waals surface area contributed by atoms with Crippen molar-refractivity contribution in [3.8, 4) is 0 Å². The molecule has 1 N–H and O–H groups in total. The normalized spacial score (nSPS) is 14.3. The summed E-state index contributed by atoms with van der Waals surface area (Å²) in [4.78, 5) is 5.67. The zero-order valence-electron chi connectivity index (χ0n) is 12.0. The summed E-state index contributed by atoms with van der Waals surface area (Å²) in [5, 5.41) is 5.01. The summed E-state index contributed by atoms with van der Waals surface area (Å²) in [6.45, 7) is 8.16. The van der Waals surface area contributed by atoms with Gasteiger partial charge in [-0.2, -0.15) is 0 Å². The number of nitrogens with one attached hydrogen (secondary N) is 1. The maximum absolute atomic E-state index is 13.1. The molecule has 0 bridgehead atoms. The van der Waals surface area contributed by atoms with E-state index >= 15 is 0 Å². The largest absolute Gasteiger partial charge is 0.303 e. The summed E-state index contributed by atoms with van der Waals surface area (Å²) in [5.74, 6) is -0.312. The van der Waals surface area contributed by atoms with E-state index in [0.29, 0.717) is 5.02 Å². The number of aryl methyl sites for hydroxylation is 2. The molecule has 0 amide bonds. The molecule has 108 valence electrons. The summed E-state index contributed by atoms with van der Waals surface area (Å²) >= 11 is 7.80. The molecule has 2 unspecified atom stereocenters. The Morgan fingerprint density at radius 2 is 1.95 bits per heavy atom. The van der Waals surface area contributed by atoms with Gasteiger partial charge in [-0.3, -0.25) is 0 Å². The minimum absolute atomic E-state index is 0.0416. The van der Waals surface area contributed by atoms with Crippen LogP contribution < -0.4 is 5.32 Å². The molecule has 0 aliphatic rings. The summed E-state index contributed by atoms with van der Waals surface area (Å²) in [6.07, 6.45) is 0. The first-order valence-corrected chi connectivity index (χ1v) is 7.73. The van der Waals surface area contributed by atoms with Crippen LogP contribution in [-0.4, -0.2) is 4.98 Å². The molecule has 0 aliphatic heterocycles. The van der Waals surface area contributed by atoms with Crippen LogP contribution in [-0.2, 0) is 0 Å². The second-order valence-corrected chi connectivity index (χ2v) is 6.60. The Bertz CT molecular complexity index is 612. The smallest absolute Gasteiger partial charge is 0.124 e. The predicted octanol–water partition coefficient (Wildman–Crippen LogP) is 4.96. The molecule has 5 heteroatoms. The number of thiazole rings is 1. The highest BCUT2D eigenvalue weighted by Crippen LogP contribution is 2.29. The van der Waals surface area contributed by atoms with E-state index in [1.54, 1.807) is 17.4 Å². The highest BCUT2D eigenvalue weighted by atomic mass is 35.5. The lowest BCUT2D eigenvalue weighted by molar-refractivity contribution is 0.497. The van der Waals surface area contributed by atoms with Gasteiger partial charge in [0.25, 0.3) is 0 Å². The van der Waals surface area contributed by atoms with E-state index in [9.17, 15) is 4.39 Å². The molecule has 0 aliphatic carbocycles. The summed E-state index contributed by atoms with van der Waals surface area (Å²) in [7, 11) is 0. The van der Waals surface area contributed by atoms with Gasteiger partial charge in [0.1, 0.15) is 5.82 Å². The van der Waals surface area contributed by atoms with E-state index in [-0.39, 0.29) is 17.9 Å². The SMILES string of the molecule is Cc1nc(C)c(C(C)NC(C)c2ccc(F)cc2Cl)s1. The average molecular weight is 313 g/mol. The van der Waals surface area contributed by atoms with Crippen molar-refractivity contribution in [2.75, 3.05) is 0 Å². The number of hydrogen-bond acceptors (Lipinski definition) is 3. The summed E-state index contributed by atoms with van der Waals surface area (Å²) < 4.78 is 13.1. The van der Waals surface area contributed by atoms with Crippen LogP contribution >= 0.6 is 22.9 Å². The van der Waals surface area contributed by atoms with Crippen LogP contribution in [0, 0.1) is 19.7 Å². The van der Waals surface area contributed by atoms with Gasteiger partial charge in [-0.25, -0.2) is 9.37 Å². The van der Waals surface area contributed by atoms with E-state index in [4.69, 9.17) is 11.6 Å². The fraction of sp³-hybridized carbons (Fsp3) is 0.400. The van der Waals surface area contributed by atoms with Crippen LogP contribution in [0.3, 0.4) is 0 Å². The average Bonchev–Trinajstić information content (AvgIpc) is 2.68. The van der Waals surface area contributed by atoms with Gasteiger partial charge in [-0.15, -0.1) is 11.3 Å². The van der Waals surface area contributed by atoms with Gasteiger partial charge in [0.05, 0.1) is 10.7 Å². The Morgan fingerprint density at radius 1 is 1.25 bits per heavy atom. The van der Waals surface area contributed by atoms with Crippen molar-refractivity contribution in [3.05, 3.63) is 50.2 Å². The molecule has 1 aromatic heterocycles. The van der Waals surface area contributed by atoms with Crippen molar-refractivity contribution in [2.24, 2.45) is 0 Å². The zero-order valence-corrected chi connectivity index (χ0v) is 13.6. The molecule has 0 fully saturated rings. The molecule has 1 aromatic carbocycles. The second-order valence-electron chi connectivity index (χ2n) is 4.96. The van der Waals surface area contributed by atoms with Gasteiger partial charge < -0.3 is 5.32 Å². The number of benzene rings is 1. The van der Waals surface area contributed by atoms with Crippen molar-refractivity contribution in [3.63, 3.8) is 0 Å². The first-order chi connectivity index (χ1) is 9.38. The van der Waals surface area contributed by atoms with Crippen LogP contribution in [0.15, 0.2) is 18.2 Å². The van der Waals surface area contributed by atoms with Crippen molar-refractivity contribution in [2.45, 2.75) is 39.8 Å². The molecule has 0 radical (unpaired) electrons. The fourth-order valence-electron chi connectivity index (χ4n) is 2.34. The number of halogens is 2. The molecule has 1 heterocycles. The lowest BCUT2D eigenvalue weighted by atomic mass is 10.1. The molecule has 0 spiro atoms. The highest BCUT2D eigenvalue weighted by molar-refractivity contribution is 7.11. The second kappa shape index (κ2) is 6.20. The maximum atomic E-state index is 13.1. The van der Waals surface area contributed by atoms with Gasteiger partial charge in [0.15, 0.2) is 0 Å². The summed E-state index contributed by atoms with van der Waals surface area (Å²) in [5.41, 5.74) is 1.96. The van der Waals surface area contributed by atoms with Crippen LogP contribution in [0.2, 0.25) is 5.02 Å². The molecule has 2 aromatic rings.